The predicted octanol–water partition coefficient (Wildman–Crippen LogP) is 2.69. The zero-order valence-corrected chi connectivity index (χ0v) is 12.2. The molecule has 1 aromatic rings. The summed E-state index contributed by atoms with van der Waals surface area (Å²) in [6.45, 7) is 5.43. The van der Waals surface area contributed by atoms with Gasteiger partial charge in [-0.3, -0.25) is 0 Å². The zero-order valence-electron chi connectivity index (χ0n) is 12.2. The number of benzene rings is 1. The fraction of sp³-hybridized carbons (Fsp3) is 0.562. The van der Waals surface area contributed by atoms with E-state index in [1.54, 1.807) is 24.3 Å². The molecule has 1 heterocycles. The van der Waals surface area contributed by atoms with Crippen LogP contribution < -0.4 is 5.73 Å². The van der Waals surface area contributed by atoms with Crippen molar-refractivity contribution in [2.75, 3.05) is 25.4 Å². The number of esters is 1. The van der Waals surface area contributed by atoms with Gasteiger partial charge in [0.05, 0.1) is 5.56 Å². The highest BCUT2D eigenvalue weighted by atomic mass is 16.5. The molecule has 0 spiro atoms. The second-order valence-electron chi connectivity index (χ2n) is 5.42. The largest absolute Gasteiger partial charge is 0.459 e. The summed E-state index contributed by atoms with van der Waals surface area (Å²) in [6, 6.07) is 6.88. The molecule has 0 amide bonds. The lowest BCUT2D eigenvalue weighted by Gasteiger charge is -2.31. The summed E-state index contributed by atoms with van der Waals surface area (Å²) >= 11 is 0. The lowest BCUT2D eigenvalue weighted by atomic mass is 10.1. The van der Waals surface area contributed by atoms with Gasteiger partial charge in [0.2, 0.25) is 0 Å². The molecule has 2 N–H and O–H groups in total. The van der Waals surface area contributed by atoms with Gasteiger partial charge in [-0.1, -0.05) is 13.3 Å². The second-order valence-corrected chi connectivity index (χ2v) is 5.42. The summed E-state index contributed by atoms with van der Waals surface area (Å²) in [5.74, 6) is -0.239. The van der Waals surface area contributed by atoms with Gasteiger partial charge in [0.25, 0.3) is 0 Å². The Morgan fingerprint density at radius 3 is 2.55 bits per heavy atom. The van der Waals surface area contributed by atoms with Gasteiger partial charge >= 0.3 is 5.97 Å². The molecular formula is C16H24N2O2. The van der Waals surface area contributed by atoms with E-state index in [-0.39, 0.29) is 12.1 Å². The maximum Gasteiger partial charge on any atom is 0.338 e. The standard InChI is InChI=1S/C16H24N2O2/c1-2-3-10-18-11-8-15(9-12-18)20-16(19)13-4-6-14(17)7-5-13/h4-7,15H,2-3,8-12,17H2,1H3. The minimum Gasteiger partial charge on any atom is -0.459 e. The first-order valence-electron chi connectivity index (χ1n) is 7.48. The third kappa shape index (κ3) is 4.23. The first-order chi connectivity index (χ1) is 9.69. The van der Waals surface area contributed by atoms with E-state index in [0.717, 1.165) is 32.5 Å². The van der Waals surface area contributed by atoms with Gasteiger partial charge < -0.3 is 15.4 Å². The van der Waals surface area contributed by atoms with Gasteiger partial charge in [0.1, 0.15) is 6.10 Å². The maximum absolute atomic E-state index is 12.0. The van der Waals surface area contributed by atoms with Crippen LogP contribution in [0.5, 0.6) is 0 Å². The van der Waals surface area contributed by atoms with Crippen LogP contribution in [0.15, 0.2) is 24.3 Å². The maximum atomic E-state index is 12.0. The summed E-state index contributed by atoms with van der Waals surface area (Å²) in [5.41, 5.74) is 6.84. The van der Waals surface area contributed by atoms with Crippen LogP contribution in [0.1, 0.15) is 43.0 Å². The first kappa shape index (κ1) is 14.9. The molecule has 0 radical (unpaired) electrons. The van der Waals surface area contributed by atoms with Crippen molar-refractivity contribution in [1.82, 2.24) is 4.90 Å². The number of piperidine rings is 1. The third-order valence-electron chi connectivity index (χ3n) is 3.78. The van der Waals surface area contributed by atoms with Crippen LogP contribution in [-0.4, -0.2) is 36.6 Å². The molecular weight excluding hydrogens is 252 g/mol. The summed E-state index contributed by atoms with van der Waals surface area (Å²) < 4.78 is 5.56. The van der Waals surface area contributed by atoms with Crippen molar-refractivity contribution < 1.29 is 9.53 Å². The van der Waals surface area contributed by atoms with Gasteiger partial charge in [-0.2, -0.15) is 0 Å². The van der Waals surface area contributed by atoms with Crippen LogP contribution in [0, 0.1) is 0 Å². The Morgan fingerprint density at radius 2 is 1.95 bits per heavy atom. The number of anilines is 1. The quantitative estimate of drug-likeness (QED) is 0.663. The lowest BCUT2D eigenvalue weighted by molar-refractivity contribution is 0.0112. The number of unbranched alkanes of at least 4 members (excludes halogenated alkanes) is 1. The van der Waals surface area contributed by atoms with Crippen LogP contribution >= 0.6 is 0 Å². The number of nitrogens with zero attached hydrogens (tertiary/aromatic N) is 1. The molecule has 1 fully saturated rings. The van der Waals surface area contributed by atoms with E-state index in [9.17, 15) is 4.79 Å². The Kier molecular flexibility index (Phi) is 5.41. The molecule has 2 rings (SSSR count). The average Bonchev–Trinajstić information content (AvgIpc) is 2.47. The molecule has 1 aromatic carbocycles. The molecule has 110 valence electrons. The van der Waals surface area contributed by atoms with E-state index < -0.39 is 0 Å². The van der Waals surface area contributed by atoms with Crippen LogP contribution in [0.25, 0.3) is 0 Å². The molecule has 20 heavy (non-hydrogen) atoms. The highest BCUT2D eigenvalue weighted by Gasteiger charge is 2.22. The molecule has 0 unspecified atom stereocenters. The second kappa shape index (κ2) is 7.29. The highest BCUT2D eigenvalue weighted by molar-refractivity contribution is 5.89. The molecule has 1 aliphatic rings. The number of hydrogen-bond donors (Lipinski definition) is 1. The Bertz CT molecular complexity index is 423. The summed E-state index contributed by atoms with van der Waals surface area (Å²) in [6.07, 6.45) is 4.40. The van der Waals surface area contributed by atoms with Crippen LogP contribution in [0.3, 0.4) is 0 Å². The zero-order chi connectivity index (χ0) is 14.4. The normalized spacial score (nSPS) is 17.1. The molecule has 4 nitrogen and oxygen atoms in total. The molecule has 0 aliphatic carbocycles. The number of ether oxygens (including phenoxy) is 1. The van der Waals surface area contributed by atoms with Crippen molar-refractivity contribution in [2.45, 2.75) is 38.7 Å². The van der Waals surface area contributed by atoms with Gasteiger partial charge in [-0.05, 0) is 50.1 Å². The molecule has 4 heteroatoms. The van der Waals surface area contributed by atoms with Crippen molar-refractivity contribution in [1.29, 1.82) is 0 Å². The molecule has 0 atom stereocenters. The molecule has 0 saturated carbocycles. The van der Waals surface area contributed by atoms with Crippen LogP contribution in [0.2, 0.25) is 0 Å². The summed E-state index contributed by atoms with van der Waals surface area (Å²) in [4.78, 5) is 14.5. The number of rotatable bonds is 5. The number of nitrogens with two attached hydrogens (primary N) is 1. The van der Waals surface area contributed by atoms with Crippen molar-refractivity contribution in [3.63, 3.8) is 0 Å². The molecule has 0 aromatic heterocycles. The minimum atomic E-state index is -0.239. The van der Waals surface area contributed by atoms with Gasteiger partial charge in [0.15, 0.2) is 0 Å². The van der Waals surface area contributed by atoms with Crippen molar-refractivity contribution in [3.05, 3.63) is 29.8 Å². The monoisotopic (exact) mass is 276 g/mol. The summed E-state index contributed by atoms with van der Waals surface area (Å²) in [5, 5.41) is 0. The van der Waals surface area contributed by atoms with E-state index in [1.807, 2.05) is 0 Å². The number of likely N-dealkylation sites (tertiary alicyclic amines) is 1. The topological polar surface area (TPSA) is 55.6 Å². The van der Waals surface area contributed by atoms with Gasteiger partial charge in [0, 0.05) is 18.8 Å². The number of carbonyl (C=O) groups excluding carboxylic acids is 1. The first-order valence-corrected chi connectivity index (χ1v) is 7.48. The fourth-order valence-electron chi connectivity index (χ4n) is 2.47. The molecule has 1 saturated heterocycles. The lowest BCUT2D eigenvalue weighted by Crippen LogP contribution is -2.38. The number of hydrogen-bond acceptors (Lipinski definition) is 4. The smallest absolute Gasteiger partial charge is 0.338 e. The SMILES string of the molecule is CCCCN1CCC(OC(=O)c2ccc(N)cc2)CC1. The minimum absolute atomic E-state index is 0.0536. The van der Waals surface area contributed by atoms with E-state index in [0.29, 0.717) is 11.3 Å². The molecule has 0 bridgehead atoms. The number of carbonyl (C=O) groups is 1. The van der Waals surface area contributed by atoms with E-state index in [4.69, 9.17) is 10.5 Å². The Balaban J connectivity index is 1.77. The number of nitrogen functional groups attached to an aromatic ring is 1. The third-order valence-corrected chi connectivity index (χ3v) is 3.78. The van der Waals surface area contributed by atoms with Gasteiger partial charge in [-0.15, -0.1) is 0 Å². The highest BCUT2D eigenvalue weighted by Crippen LogP contribution is 2.16. The predicted molar refractivity (Wildman–Crippen MR) is 80.6 cm³/mol. The van der Waals surface area contributed by atoms with Crippen LogP contribution in [0.4, 0.5) is 5.69 Å². The van der Waals surface area contributed by atoms with E-state index in [2.05, 4.69) is 11.8 Å². The Hall–Kier alpha value is -1.55. The van der Waals surface area contributed by atoms with Crippen molar-refractivity contribution in [3.8, 4) is 0 Å². The van der Waals surface area contributed by atoms with Gasteiger partial charge in [-0.25, -0.2) is 4.79 Å². The van der Waals surface area contributed by atoms with Crippen LogP contribution in [-0.2, 0) is 4.74 Å². The van der Waals surface area contributed by atoms with Crippen molar-refractivity contribution in [2.24, 2.45) is 0 Å². The average molecular weight is 276 g/mol. The summed E-state index contributed by atoms with van der Waals surface area (Å²) in [7, 11) is 0. The van der Waals surface area contributed by atoms with E-state index in [1.165, 1.54) is 12.8 Å². The van der Waals surface area contributed by atoms with E-state index >= 15 is 0 Å². The molecule has 1 aliphatic heterocycles. The van der Waals surface area contributed by atoms with Crippen molar-refractivity contribution >= 4 is 11.7 Å². The Morgan fingerprint density at radius 1 is 1.30 bits per heavy atom. The Labute approximate surface area is 120 Å². The fourth-order valence-corrected chi connectivity index (χ4v) is 2.47.